The summed E-state index contributed by atoms with van der Waals surface area (Å²) in [6.07, 6.45) is -2.95. The van der Waals surface area contributed by atoms with E-state index in [4.69, 9.17) is 4.74 Å². The quantitative estimate of drug-likeness (QED) is 0.745. The van der Waals surface area contributed by atoms with Gasteiger partial charge in [0.05, 0.1) is 5.56 Å². The Labute approximate surface area is 173 Å². The summed E-state index contributed by atoms with van der Waals surface area (Å²) in [6, 6.07) is 12.0. The van der Waals surface area contributed by atoms with E-state index >= 15 is 0 Å². The average molecular weight is 431 g/mol. The van der Waals surface area contributed by atoms with Gasteiger partial charge in [0.2, 0.25) is 0 Å². The van der Waals surface area contributed by atoms with Crippen molar-refractivity contribution in [2.75, 3.05) is 25.5 Å². The van der Waals surface area contributed by atoms with Crippen molar-refractivity contribution in [2.45, 2.75) is 25.3 Å². The second-order valence-corrected chi connectivity index (χ2v) is 6.65. The zero-order valence-corrected chi connectivity index (χ0v) is 16.6. The van der Waals surface area contributed by atoms with E-state index in [9.17, 15) is 18.0 Å². The van der Waals surface area contributed by atoms with Crippen LogP contribution in [0.1, 0.15) is 23.2 Å². The van der Waals surface area contributed by atoms with Gasteiger partial charge in [-0.3, -0.25) is 4.79 Å². The molecule has 1 amide bonds. The van der Waals surface area contributed by atoms with Crippen LogP contribution in [0.5, 0.6) is 11.5 Å². The molecule has 1 aliphatic heterocycles. The van der Waals surface area contributed by atoms with E-state index in [0.717, 1.165) is 32.0 Å². The molecule has 2 aromatic carbocycles. The molecule has 1 aliphatic rings. The first kappa shape index (κ1) is 22.8. The third-order valence-electron chi connectivity index (χ3n) is 4.42. The number of anilines is 1. The number of para-hydroxylation sites is 1. The van der Waals surface area contributed by atoms with Crippen LogP contribution in [-0.4, -0.2) is 43.4 Å². The lowest BCUT2D eigenvalue weighted by molar-refractivity contribution is -0.274. The lowest BCUT2D eigenvalue weighted by Gasteiger charge is -2.29. The first-order valence-corrected chi connectivity index (χ1v) is 8.91. The van der Waals surface area contributed by atoms with Crippen molar-refractivity contribution in [2.24, 2.45) is 0 Å². The van der Waals surface area contributed by atoms with Gasteiger partial charge in [-0.15, -0.1) is 25.6 Å². The molecule has 9 heteroatoms. The van der Waals surface area contributed by atoms with Crippen LogP contribution in [0.2, 0.25) is 0 Å². The normalized spacial score (nSPS) is 15.3. The molecule has 158 valence electrons. The summed E-state index contributed by atoms with van der Waals surface area (Å²) in [7, 11) is 2.06. The highest BCUT2D eigenvalue weighted by Gasteiger charge is 2.32. The van der Waals surface area contributed by atoms with E-state index in [1.54, 1.807) is 24.3 Å². The van der Waals surface area contributed by atoms with Crippen LogP contribution in [-0.2, 0) is 0 Å². The SMILES string of the molecule is CN1CCC(Oc2cccc(NC(=O)c3ccccc3OC(F)(F)F)c2)CC1.Cl. The van der Waals surface area contributed by atoms with Crippen LogP contribution >= 0.6 is 12.4 Å². The fourth-order valence-corrected chi connectivity index (χ4v) is 3.01. The zero-order valence-electron chi connectivity index (χ0n) is 15.7. The Kier molecular flexibility index (Phi) is 7.75. The van der Waals surface area contributed by atoms with Gasteiger partial charge >= 0.3 is 6.36 Å². The van der Waals surface area contributed by atoms with Crippen LogP contribution in [0.15, 0.2) is 48.5 Å². The average Bonchev–Trinajstić information content (AvgIpc) is 2.63. The number of hydrogen-bond donors (Lipinski definition) is 1. The Bertz CT molecular complexity index is 825. The maximum Gasteiger partial charge on any atom is 0.573 e. The third-order valence-corrected chi connectivity index (χ3v) is 4.42. The fourth-order valence-electron chi connectivity index (χ4n) is 3.01. The monoisotopic (exact) mass is 430 g/mol. The molecule has 0 aromatic heterocycles. The molecule has 1 fully saturated rings. The summed E-state index contributed by atoms with van der Waals surface area (Å²) in [6.45, 7) is 1.91. The fraction of sp³-hybridized carbons (Fsp3) is 0.350. The number of hydrogen-bond acceptors (Lipinski definition) is 4. The smallest absolute Gasteiger partial charge is 0.490 e. The number of nitrogens with one attached hydrogen (secondary N) is 1. The molecule has 1 N–H and O–H groups in total. The van der Waals surface area contributed by atoms with Gasteiger partial charge in [0.1, 0.15) is 17.6 Å². The Morgan fingerprint density at radius 2 is 1.79 bits per heavy atom. The van der Waals surface area contributed by atoms with Crippen molar-refractivity contribution in [3.8, 4) is 11.5 Å². The van der Waals surface area contributed by atoms with E-state index < -0.39 is 18.0 Å². The van der Waals surface area contributed by atoms with E-state index in [1.807, 2.05) is 0 Å². The second kappa shape index (κ2) is 9.84. The number of halogens is 4. The van der Waals surface area contributed by atoms with Crippen molar-refractivity contribution < 1.29 is 27.4 Å². The lowest BCUT2D eigenvalue weighted by Crippen LogP contribution is -2.35. The first-order chi connectivity index (χ1) is 13.3. The van der Waals surface area contributed by atoms with E-state index in [0.29, 0.717) is 11.4 Å². The Morgan fingerprint density at radius 3 is 2.48 bits per heavy atom. The minimum Gasteiger partial charge on any atom is -0.490 e. The Balaban J connectivity index is 0.00000300. The highest BCUT2D eigenvalue weighted by molar-refractivity contribution is 6.06. The lowest BCUT2D eigenvalue weighted by atomic mass is 10.1. The summed E-state index contributed by atoms with van der Waals surface area (Å²) in [5.41, 5.74) is 0.221. The third kappa shape index (κ3) is 6.83. The molecule has 0 atom stereocenters. The van der Waals surface area contributed by atoms with Crippen LogP contribution in [0.4, 0.5) is 18.9 Å². The molecular formula is C20H22ClF3N2O3. The number of amides is 1. The number of carbonyl (C=O) groups is 1. The number of nitrogens with zero attached hydrogens (tertiary/aromatic N) is 1. The predicted octanol–water partition coefficient (Wildman–Crippen LogP) is 4.73. The Morgan fingerprint density at radius 1 is 1.10 bits per heavy atom. The molecule has 3 rings (SSSR count). The summed E-state index contributed by atoms with van der Waals surface area (Å²) in [5.74, 6) is -0.644. The molecular weight excluding hydrogens is 409 g/mol. The minimum absolute atomic E-state index is 0. The van der Waals surface area contributed by atoms with Crippen molar-refractivity contribution in [1.29, 1.82) is 0 Å². The summed E-state index contributed by atoms with van der Waals surface area (Å²) < 4.78 is 47.5. The maximum atomic E-state index is 12.5. The molecule has 1 saturated heterocycles. The van der Waals surface area contributed by atoms with Crippen LogP contribution in [0.3, 0.4) is 0 Å². The second-order valence-electron chi connectivity index (χ2n) is 6.65. The number of likely N-dealkylation sites (tertiary alicyclic amines) is 1. The zero-order chi connectivity index (χ0) is 20.1. The van der Waals surface area contributed by atoms with Gasteiger partial charge in [-0.05, 0) is 44.2 Å². The van der Waals surface area contributed by atoms with Gasteiger partial charge in [-0.1, -0.05) is 18.2 Å². The first-order valence-electron chi connectivity index (χ1n) is 8.91. The summed E-state index contributed by atoms with van der Waals surface area (Å²) >= 11 is 0. The molecule has 0 bridgehead atoms. The van der Waals surface area contributed by atoms with Crippen molar-refractivity contribution in [3.05, 3.63) is 54.1 Å². The van der Waals surface area contributed by atoms with Crippen molar-refractivity contribution in [3.63, 3.8) is 0 Å². The highest BCUT2D eigenvalue weighted by Crippen LogP contribution is 2.28. The molecule has 29 heavy (non-hydrogen) atoms. The standard InChI is InChI=1S/C20H21F3N2O3.ClH/c1-25-11-9-15(10-12-25)27-16-6-4-5-14(13-16)24-19(26)17-7-2-3-8-18(17)28-20(21,22)23;/h2-8,13,15H,9-12H2,1H3,(H,24,26);1H. The van der Waals surface area contributed by atoms with E-state index in [1.165, 1.54) is 18.2 Å². The van der Waals surface area contributed by atoms with E-state index in [2.05, 4.69) is 22.0 Å². The molecule has 0 unspecified atom stereocenters. The minimum atomic E-state index is -4.88. The highest BCUT2D eigenvalue weighted by atomic mass is 35.5. The maximum absolute atomic E-state index is 12.5. The molecule has 5 nitrogen and oxygen atoms in total. The molecule has 0 radical (unpaired) electrons. The Hall–Kier alpha value is -2.45. The molecule has 2 aromatic rings. The van der Waals surface area contributed by atoms with Gasteiger partial charge in [-0.25, -0.2) is 0 Å². The number of benzene rings is 2. The van der Waals surface area contributed by atoms with Gasteiger partial charge in [0.25, 0.3) is 5.91 Å². The summed E-state index contributed by atoms with van der Waals surface area (Å²) in [4.78, 5) is 14.7. The molecule has 1 heterocycles. The van der Waals surface area contributed by atoms with Gasteiger partial charge < -0.3 is 19.7 Å². The predicted molar refractivity (Wildman–Crippen MR) is 106 cm³/mol. The number of rotatable bonds is 5. The number of ether oxygens (including phenoxy) is 2. The number of carbonyl (C=O) groups excluding carboxylic acids is 1. The van der Waals surface area contributed by atoms with Gasteiger partial charge in [-0.2, -0.15) is 0 Å². The van der Waals surface area contributed by atoms with E-state index in [-0.39, 0.29) is 24.1 Å². The summed E-state index contributed by atoms with van der Waals surface area (Å²) in [5, 5.41) is 2.59. The van der Waals surface area contributed by atoms with Gasteiger partial charge in [0.15, 0.2) is 0 Å². The van der Waals surface area contributed by atoms with Crippen molar-refractivity contribution in [1.82, 2.24) is 4.90 Å². The molecule has 0 saturated carbocycles. The van der Waals surface area contributed by atoms with Gasteiger partial charge in [0, 0.05) is 24.8 Å². The topological polar surface area (TPSA) is 50.8 Å². The molecule has 0 spiro atoms. The number of alkyl halides is 3. The largest absolute Gasteiger partial charge is 0.573 e. The molecule has 0 aliphatic carbocycles. The number of piperidine rings is 1. The van der Waals surface area contributed by atoms with Crippen LogP contribution in [0, 0.1) is 0 Å². The van der Waals surface area contributed by atoms with Crippen molar-refractivity contribution >= 4 is 24.0 Å². The van der Waals surface area contributed by atoms with Crippen LogP contribution in [0.25, 0.3) is 0 Å². The van der Waals surface area contributed by atoms with Crippen LogP contribution < -0.4 is 14.8 Å².